The molecule has 0 unspecified atom stereocenters. The average molecular weight is 455 g/mol. The monoisotopic (exact) mass is 454 g/mol. The molecule has 0 saturated carbocycles. The molecule has 0 bridgehead atoms. The van der Waals surface area contributed by atoms with Crippen molar-refractivity contribution in [1.82, 2.24) is 5.32 Å². The summed E-state index contributed by atoms with van der Waals surface area (Å²) in [4.78, 5) is 19.1. The Labute approximate surface area is 191 Å². The molecule has 0 atom stereocenters. The standard InChI is InChI=1S/C24H26N2O5S/c1-28-16-11-19(29-2)18(20(12-16)30-3)14-26-24-22(17-8-4-5-9-21(17)32-24)23(27)25-13-15-7-6-10-31-15/h6-7,10-12,14H,4-5,8-9,13H2,1-3H3,(H,25,27). The number of furan rings is 1. The molecule has 0 aliphatic heterocycles. The largest absolute Gasteiger partial charge is 0.496 e. The van der Waals surface area contributed by atoms with Crippen LogP contribution in [0.15, 0.2) is 39.9 Å². The van der Waals surface area contributed by atoms with E-state index in [2.05, 4.69) is 5.32 Å². The van der Waals surface area contributed by atoms with E-state index in [-0.39, 0.29) is 5.91 Å². The number of nitrogens with zero attached hydrogens (tertiary/aromatic N) is 1. The van der Waals surface area contributed by atoms with Crippen LogP contribution < -0.4 is 19.5 Å². The van der Waals surface area contributed by atoms with Crippen LogP contribution in [0, 0.1) is 0 Å². The van der Waals surface area contributed by atoms with Gasteiger partial charge in [0.1, 0.15) is 28.0 Å². The van der Waals surface area contributed by atoms with Crippen molar-refractivity contribution >= 4 is 28.5 Å². The van der Waals surface area contributed by atoms with Gasteiger partial charge in [0.15, 0.2) is 0 Å². The highest BCUT2D eigenvalue weighted by molar-refractivity contribution is 7.16. The number of carbonyl (C=O) groups is 1. The number of methoxy groups -OCH3 is 3. The number of rotatable bonds is 8. The van der Waals surface area contributed by atoms with Crippen molar-refractivity contribution in [2.75, 3.05) is 21.3 Å². The van der Waals surface area contributed by atoms with Gasteiger partial charge in [-0.3, -0.25) is 4.79 Å². The van der Waals surface area contributed by atoms with E-state index in [1.165, 1.54) is 4.88 Å². The molecule has 168 valence electrons. The maximum Gasteiger partial charge on any atom is 0.255 e. The second kappa shape index (κ2) is 9.91. The molecular formula is C24H26N2O5S. The molecule has 1 N–H and O–H groups in total. The summed E-state index contributed by atoms with van der Waals surface area (Å²) in [6.45, 7) is 0.333. The maximum atomic E-state index is 13.1. The predicted octanol–water partition coefficient (Wildman–Crippen LogP) is 4.93. The minimum atomic E-state index is -0.137. The van der Waals surface area contributed by atoms with Crippen molar-refractivity contribution < 1.29 is 23.4 Å². The number of ether oxygens (including phenoxy) is 3. The Morgan fingerprint density at radius 2 is 1.91 bits per heavy atom. The molecule has 0 saturated heterocycles. The van der Waals surface area contributed by atoms with Gasteiger partial charge in [-0.1, -0.05) is 0 Å². The first kappa shape index (κ1) is 22.0. The quantitative estimate of drug-likeness (QED) is 0.488. The van der Waals surface area contributed by atoms with Crippen LogP contribution in [0.3, 0.4) is 0 Å². The molecule has 0 spiro atoms. The third-order valence-corrected chi connectivity index (χ3v) is 6.65. The Morgan fingerprint density at radius 1 is 1.16 bits per heavy atom. The lowest BCUT2D eigenvalue weighted by molar-refractivity contribution is 0.0948. The zero-order valence-corrected chi connectivity index (χ0v) is 19.2. The molecule has 0 radical (unpaired) electrons. The number of benzene rings is 1. The summed E-state index contributed by atoms with van der Waals surface area (Å²) < 4.78 is 21.7. The number of carbonyl (C=O) groups excluding carboxylic acids is 1. The van der Waals surface area contributed by atoms with Crippen LogP contribution >= 0.6 is 11.3 Å². The SMILES string of the molecule is COc1cc(OC)c(C=Nc2sc3c(c2C(=O)NCc2ccco2)CCCC3)c(OC)c1. The number of fused-ring (bicyclic) bond motifs is 1. The molecule has 7 nitrogen and oxygen atoms in total. The number of hydrogen-bond acceptors (Lipinski definition) is 7. The predicted molar refractivity (Wildman–Crippen MR) is 124 cm³/mol. The molecule has 1 aliphatic rings. The van der Waals surface area contributed by atoms with Gasteiger partial charge in [0, 0.05) is 23.2 Å². The molecule has 8 heteroatoms. The van der Waals surface area contributed by atoms with E-state index in [9.17, 15) is 4.79 Å². The fourth-order valence-corrected chi connectivity index (χ4v) is 5.06. The van der Waals surface area contributed by atoms with E-state index in [1.54, 1.807) is 63.3 Å². The van der Waals surface area contributed by atoms with Gasteiger partial charge >= 0.3 is 0 Å². The summed E-state index contributed by atoms with van der Waals surface area (Å²) in [7, 11) is 4.76. The lowest BCUT2D eigenvalue weighted by Crippen LogP contribution is -2.23. The highest BCUT2D eigenvalue weighted by Crippen LogP contribution is 2.40. The summed E-state index contributed by atoms with van der Waals surface area (Å²) >= 11 is 1.58. The minimum Gasteiger partial charge on any atom is -0.496 e. The van der Waals surface area contributed by atoms with Crippen LogP contribution in [-0.2, 0) is 19.4 Å². The number of aliphatic imine (C=N–C) groups is 1. The first-order valence-corrected chi connectivity index (χ1v) is 11.3. The first-order valence-electron chi connectivity index (χ1n) is 10.4. The molecule has 1 aromatic carbocycles. The lowest BCUT2D eigenvalue weighted by Gasteiger charge is -2.13. The number of nitrogens with one attached hydrogen (secondary N) is 1. The van der Waals surface area contributed by atoms with Gasteiger partial charge in [-0.25, -0.2) is 4.99 Å². The summed E-state index contributed by atoms with van der Waals surface area (Å²) in [5, 5.41) is 3.66. The molecular weight excluding hydrogens is 428 g/mol. The Kier molecular flexibility index (Phi) is 6.80. The summed E-state index contributed by atoms with van der Waals surface area (Å²) in [5.41, 5.74) is 2.45. The van der Waals surface area contributed by atoms with Crippen molar-refractivity contribution in [3.8, 4) is 17.2 Å². The number of thiophene rings is 1. The number of aryl methyl sites for hydroxylation is 1. The third kappa shape index (κ3) is 4.50. The van der Waals surface area contributed by atoms with E-state index in [1.807, 2.05) is 6.07 Å². The Hall–Kier alpha value is -3.26. The smallest absolute Gasteiger partial charge is 0.255 e. The Balaban J connectivity index is 1.69. The number of hydrogen-bond donors (Lipinski definition) is 1. The summed E-state index contributed by atoms with van der Waals surface area (Å²) in [6.07, 6.45) is 7.36. The highest BCUT2D eigenvalue weighted by Gasteiger charge is 2.25. The van der Waals surface area contributed by atoms with Crippen LogP contribution in [0.2, 0.25) is 0 Å². The van der Waals surface area contributed by atoms with Gasteiger partial charge < -0.3 is 23.9 Å². The van der Waals surface area contributed by atoms with Crippen LogP contribution in [0.4, 0.5) is 5.00 Å². The first-order chi connectivity index (χ1) is 15.6. The molecule has 4 rings (SSSR count). The van der Waals surface area contributed by atoms with E-state index in [4.69, 9.17) is 23.6 Å². The van der Waals surface area contributed by atoms with E-state index in [0.717, 1.165) is 31.2 Å². The van der Waals surface area contributed by atoms with Crippen LogP contribution in [-0.4, -0.2) is 33.5 Å². The average Bonchev–Trinajstić information content (AvgIpc) is 3.48. The van der Waals surface area contributed by atoms with Gasteiger partial charge in [0.25, 0.3) is 5.91 Å². The van der Waals surface area contributed by atoms with E-state index < -0.39 is 0 Å². The van der Waals surface area contributed by atoms with Gasteiger partial charge in [-0.05, 0) is 43.4 Å². The molecule has 2 heterocycles. The molecule has 3 aromatic rings. The third-order valence-electron chi connectivity index (χ3n) is 5.45. The fraction of sp³-hybridized carbons (Fsp3) is 0.333. The van der Waals surface area contributed by atoms with Crippen LogP contribution in [0.25, 0.3) is 0 Å². The normalized spacial score (nSPS) is 13.1. The molecule has 0 fully saturated rings. The maximum absolute atomic E-state index is 13.1. The minimum absolute atomic E-state index is 0.137. The molecule has 1 aliphatic carbocycles. The molecule has 32 heavy (non-hydrogen) atoms. The van der Waals surface area contributed by atoms with Gasteiger partial charge in [-0.15, -0.1) is 11.3 Å². The zero-order valence-electron chi connectivity index (χ0n) is 18.4. The topological polar surface area (TPSA) is 82.3 Å². The van der Waals surface area contributed by atoms with Crippen molar-refractivity contribution in [3.63, 3.8) is 0 Å². The summed E-state index contributed by atoms with van der Waals surface area (Å²) in [6, 6.07) is 7.20. The van der Waals surface area contributed by atoms with Gasteiger partial charge in [-0.2, -0.15) is 0 Å². The van der Waals surface area contributed by atoms with Crippen LogP contribution in [0.1, 0.15) is 45.0 Å². The summed E-state index contributed by atoms with van der Waals surface area (Å²) in [5.74, 6) is 2.35. The molecule has 1 amide bonds. The van der Waals surface area contributed by atoms with Gasteiger partial charge in [0.2, 0.25) is 0 Å². The Morgan fingerprint density at radius 3 is 2.56 bits per heavy atom. The Bertz CT molecular complexity index is 1090. The molecule has 2 aromatic heterocycles. The van der Waals surface area contributed by atoms with Crippen molar-refractivity contribution in [1.29, 1.82) is 0 Å². The van der Waals surface area contributed by atoms with Crippen molar-refractivity contribution in [2.45, 2.75) is 32.2 Å². The second-order valence-corrected chi connectivity index (χ2v) is 8.44. The van der Waals surface area contributed by atoms with Crippen molar-refractivity contribution in [2.24, 2.45) is 4.99 Å². The van der Waals surface area contributed by atoms with E-state index in [0.29, 0.717) is 45.7 Å². The van der Waals surface area contributed by atoms with Gasteiger partial charge in [0.05, 0.1) is 45.3 Å². The lowest BCUT2D eigenvalue weighted by atomic mass is 9.95. The van der Waals surface area contributed by atoms with Crippen LogP contribution in [0.5, 0.6) is 17.2 Å². The highest BCUT2D eigenvalue weighted by atomic mass is 32.1. The number of amides is 1. The van der Waals surface area contributed by atoms with E-state index >= 15 is 0 Å². The second-order valence-electron chi connectivity index (χ2n) is 7.36. The van der Waals surface area contributed by atoms with Crippen molar-refractivity contribution in [3.05, 3.63) is 57.9 Å². The fourth-order valence-electron chi connectivity index (χ4n) is 3.83. The zero-order chi connectivity index (χ0) is 22.5.